The average molecular weight is 294 g/mol. The number of aromatic amines is 1. The summed E-state index contributed by atoms with van der Waals surface area (Å²) >= 11 is 3.35. The zero-order chi connectivity index (χ0) is 12.3. The van der Waals surface area contributed by atoms with Crippen LogP contribution in [0.1, 0.15) is 25.2 Å². The van der Waals surface area contributed by atoms with E-state index in [1.165, 1.54) is 5.56 Å². The number of hydrogen-bond donors (Lipinski definition) is 2. The lowest BCUT2D eigenvalue weighted by atomic mass is 9.94. The van der Waals surface area contributed by atoms with E-state index in [2.05, 4.69) is 69.3 Å². The molecule has 90 valence electrons. The molecule has 0 aliphatic heterocycles. The van der Waals surface area contributed by atoms with Crippen LogP contribution in [0.2, 0.25) is 0 Å². The highest BCUT2D eigenvalue weighted by molar-refractivity contribution is 9.10. The predicted octanol–water partition coefficient (Wildman–Crippen LogP) is 3.20. The fourth-order valence-corrected chi connectivity index (χ4v) is 2.02. The predicted molar refractivity (Wildman–Crippen MR) is 72.6 cm³/mol. The first-order valence-electron chi connectivity index (χ1n) is 5.58. The van der Waals surface area contributed by atoms with Gasteiger partial charge in [0.25, 0.3) is 0 Å². The van der Waals surface area contributed by atoms with E-state index in [-0.39, 0.29) is 5.54 Å². The van der Waals surface area contributed by atoms with Crippen molar-refractivity contribution in [1.82, 2.24) is 15.3 Å². The average Bonchev–Trinajstić information content (AvgIpc) is 2.74. The van der Waals surface area contributed by atoms with Crippen molar-refractivity contribution in [3.63, 3.8) is 0 Å². The third-order valence-corrected chi connectivity index (χ3v) is 3.19. The van der Waals surface area contributed by atoms with Crippen molar-refractivity contribution in [3.05, 3.63) is 52.5 Å². The maximum Gasteiger partial charge on any atom is 0.120 e. The number of aromatic nitrogens is 2. The smallest absolute Gasteiger partial charge is 0.120 e. The van der Waals surface area contributed by atoms with E-state index in [4.69, 9.17) is 0 Å². The van der Waals surface area contributed by atoms with Gasteiger partial charge in [0.1, 0.15) is 10.4 Å². The van der Waals surface area contributed by atoms with Gasteiger partial charge < -0.3 is 10.3 Å². The second-order valence-corrected chi connectivity index (χ2v) is 5.38. The van der Waals surface area contributed by atoms with Gasteiger partial charge in [-0.3, -0.25) is 0 Å². The van der Waals surface area contributed by atoms with E-state index in [9.17, 15) is 0 Å². The summed E-state index contributed by atoms with van der Waals surface area (Å²) in [6.45, 7) is 5.05. The summed E-state index contributed by atoms with van der Waals surface area (Å²) in [6, 6.07) is 10.4. The van der Waals surface area contributed by atoms with Gasteiger partial charge in [-0.25, -0.2) is 4.98 Å². The molecule has 0 atom stereocenters. The topological polar surface area (TPSA) is 40.7 Å². The molecule has 0 saturated heterocycles. The van der Waals surface area contributed by atoms with Crippen LogP contribution in [0.4, 0.5) is 0 Å². The molecule has 2 aromatic rings. The number of nitrogens with zero attached hydrogens (tertiary/aromatic N) is 1. The normalized spacial score (nSPS) is 11.7. The highest BCUT2D eigenvalue weighted by atomic mass is 79.9. The molecule has 1 heterocycles. The second-order valence-electron chi connectivity index (χ2n) is 4.52. The molecule has 0 fully saturated rings. The summed E-state index contributed by atoms with van der Waals surface area (Å²) in [5.74, 6) is 0.931. The van der Waals surface area contributed by atoms with Crippen LogP contribution in [-0.4, -0.2) is 9.97 Å². The van der Waals surface area contributed by atoms with Crippen molar-refractivity contribution >= 4 is 15.9 Å². The zero-order valence-corrected chi connectivity index (χ0v) is 11.6. The number of nitrogens with one attached hydrogen (secondary N) is 2. The van der Waals surface area contributed by atoms with Crippen LogP contribution in [-0.2, 0) is 12.1 Å². The van der Waals surface area contributed by atoms with Crippen LogP contribution >= 0.6 is 15.9 Å². The van der Waals surface area contributed by atoms with Crippen molar-refractivity contribution < 1.29 is 0 Å². The molecule has 0 radical (unpaired) electrons. The summed E-state index contributed by atoms with van der Waals surface area (Å²) in [4.78, 5) is 7.39. The third-order valence-electron chi connectivity index (χ3n) is 2.79. The Morgan fingerprint density at radius 2 is 2.00 bits per heavy atom. The molecule has 2 rings (SSSR count). The Labute approximate surface area is 110 Å². The number of imidazole rings is 1. The Bertz CT molecular complexity index is 476. The molecule has 0 aliphatic carbocycles. The van der Waals surface area contributed by atoms with Crippen molar-refractivity contribution in [2.75, 3.05) is 0 Å². The summed E-state index contributed by atoms with van der Waals surface area (Å²) in [5.41, 5.74) is 1.20. The lowest BCUT2D eigenvalue weighted by Gasteiger charge is -2.26. The molecule has 4 heteroatoms. The molecule has 3 nitrogen and oxygen atoms in total. The van der Waals surface area contributed by atoms with Crippen molar-refractivity contribution in [1.29, 1.82) is 0 Å². The van der Waals surface area contributed by atoms with E-state index >= 15 is 0 Å². The number of halogens is 1. The summed E-state index contributed by atoms with van der Waals surface area (Å²) in [7, 11) is 0. The Hall–Kier alpha value is -1.13. The number of benzene rings is 1. The fraction of sp³-hybridized carbons (Fsp3) is 0.308. The minimum atomic E-state index is -0.0689. The highest BCUT2D eigenvalue weighted by Gasteiger charge is 2.19. The van der Waals surface area contributed by atoms with Gasteiger partial charge in [0, 0.05) is 5.54 Å². The molecule has 1 aromatic carbocycles. The molecular weight excluding hydrogens is 278 g/mol. The Morgan fingerprint density at radius 3 is 2.59 bits per heavy atom. The third kappa shape index (κ3) is 3.17. The van der Waals surface area contributed by atoms with Crippen LogP contribution < -0.4 is 5.32 Å². The number of rotatable bonds is 4. The number of hydrogen-bond acceptors (Lipinski definition) is 2. The highest BCUT2D eigenvalue weighted by Crippen LogP contribution is 2.19. The van der Waals surface area contributed by atoms with Crippen LogP contribution in [0.3, 0.4) is 0 Å². The lowest BCUT2D eigenvalue weighted by molar-refractivity contribution is 0.396. The molecule has 0 unspecified atom stereocenters. The molecule has 0 aliphatic rings. The van der Waals surface area contributed by atoms with E-state index < -0.39 is 0 Å². The Morgan fingerprint density at radius 1 is 1.29 bits per heavy atom. The first-order valence-corrected chi connectivity index (χ1v) is 6.37. The molecule has 1 aromatic heterocycles. The van der Waals surface area contributed by atoms with Gasteiger partial charge in [-0.05, 0) is 35.3 Å². The van der Waals surface area contributed by atoms with E-state index in [1.54, 1.807) is 6.20 Å². The summed E-state index contributed by atoms with van der Waals surface area (Å²) in [6.07, 6.45) is 1.77. The standard InChI is InChI=1S/C13H16BrN3/c1-13(2,10-6-4-3-5-7-10)16-9-12-15-8-11(14)17-12/h3-8,16H,9H2,1-2H3,(H,15,17). The van der Waals surface area contributed by atoms with Gasteiger partial charge in [0.15, 0.2) is 0 Å². The van der Waals surface area contributed by atoms with Crippen molar-refractivity contribution in [2.24, 2.45) is 0 Å². The van der Waals surface area contributed by atoms with Gasteiger partial charge in [-0.1, -0.05) is 30.3 Å². The van der Waals surface area contributed by atoms with Gasteiger partial charge in [0.2, 0.25) is 0 Å². The van der Waals surface area contributed by atoms with Gasteiger partial charge in [0.05, 0.1) is 12.7 Å². The maximum absolute atomic E-state index is 4.25. The molecule has 17 heavy (non-hydrogen) atoms. The maximum atomic E-state index is 4.25. The molecule has 2 N–H and O–H groups in total. The fourth-order valence-electron chi connectivity index (χ4n) is 1.69. The minimum Gasteiger partial charge on any atom is -0.336 e. The van der Waals surface area contributed by atoms with Gasteiger partial charge in [-0.15, -0.1) is 0 Å². The first-order chi connectivity index (χ1) is 8.08. The van der Waals surface area contributed by atoms with Gasteiger partial charge >= 0.3 is 0 Å². The molecule has 0 spiro atoms. The Kier molecular flexibility index (Phi) is 3.64. The van der Waals surface area contributed by atoms with E-state index in [1.807, 2.05) is 6.07 Å². The van der Waals surface area contributed by atoms with Crippen LogP contribution in [0, 0.1) is 0 Å². The molecule has 0 amide bonds. The SMILES string of the molecule is CC(C)(NCc1ncc(Br)[nH]1)c1ccccc1. The van der Waals surface area contributed by atoms with Crippen LogP contribution in [0.25, 0.3) is 0 Å². The quantitative estimate of drug-likeness (QED) is 0.909. The molecule has 0 bridgehead atoms. The summed E-state index contributed by atoms with van der Waals surface area (Å²) in [5, 5.41) is 3.49. The van der Waals surface area contributed by atoms with E-state index in [0.717, 1.165) is 10.4 Å². The monoisotopic (exact) mass is 293 g/mol. The Balaban J connectivity index is 2.03. The first kappa shape index (κ1) is 12.3. The van der Waals surface area contributed by atoms with Crippen molar-refractivity contribution in [3.8, 4) is 0 Å². The number of H-pyrrole nitrogens is 1. The zero-order valence-electron chi connectivity index (χ0n) is 10.00. The summed E-state index contributed by atoms with van der Waals surface area (Å²) < 4.78 is 0.909. The van der Waals surface area contributed by atoms with E-state index in [0.29, 0.717) is 6.54 Å². The minimum absolute atomic E-state index is 0.0689. The van der Waals surface area contributed by atoms with Gasteiger partial charge in [-0.2, -0.15) is 0 Å². The van der Waals surface area contributed by atoms with Crippen LogP contribution in [0.5, 0.6) is 0 Å². The molecular formula is C13H16BrN3. The van der Waals surface area contributed by atoms with Crippen LogP contribution in [0.15, 0.2) is 41.1 Å². The second kappa shape index (κ2) is 5.02. The van der Waals surface area contributed by atoms with Crippen molar-refractivity contribution in [2.45, 2.75) is 25.9 Å². The largest absolute Gasteiger partial charge is 0.336 e. The lowest BCUT2D eigenvalue weighted by Crippen LogP contribution is -2.36. The molecule has 0 saturated carbocycles.